The van der Waals surface area contributed by atoms with Crippen LogP contribution in [0.25, 0.3) is 11.0 Å². The Balaban J connectivity index is 1.80. The molecule has 1 aromatic heterocycles. The molecule has 2 heterocycles. The van der Waals surface area contributed by atoms with Gasteiger partial charge in [0, 0.05) is 20.2 Å². The minimum absolute atomic E-state index is 0.0343. The topological polar surface area (TPSA) is 64.4 Å². The highest BCUT2D eigenvalue weighted by atomic mass is 16.5. The van der Waals surface area contributed by atoms with Crippen molar-refractivity contribution in [2.75, 3.05) is 20.2 Å². The van der Waals surface area contributed by atoms with Gasteiger partial charge in [0.1, 0.15) is 6.54 Å². The molecule has 0 unspecified atom stereocenters. The molecule has 116 valence electrons. The highest BCUT2D eigenvalue weighted by Crippen LogP contribution is 2.14. The van der Waals surface area contributed by atoms with Crippen molar-refractivity contribution in [3.63, 3.8) is 0 Å². The smallest absolute Gasteiger partial charge is 0.269 e. The summed E-state index contributed by atoms with van der Waals surface area (Å²) >= 11 is 0. The molecule has 6 heteroatoms. The minimum atomic E-state index is -0.251. The Morgan fingerprint density at radius 2 is 2.05 bits per heavy atom. The van der Waals surface area contributed by atoms with E-state index in [9.17, 15) is 9.59 Å². The maximum atomic E-state index is 12.5. The highest BCUT2D eigenvalue weighted by molar-refractivity contribution is 5.80. The molecule has 0 atom stereocenters. The lowest BCUT2D eigenvalue weighted by Crippen LogP contribution is -2.43. The van der Waals surface area contributed by atoms with Gasteiger partial charge in [0.05, 0.1) is 23.3 Å². The lowest BCUT2D eigenvalue weighted by Gasteiger charge is -2.31. The van der Waals surface area contributed by atoms with Gasteiger partial charge in [0.2, 0.25) is 5.91 Å². The van der Waals surface area contributed by atoms with Crippen molar-refractivity contribution >= 4 is 16.9 Å². The molecule has 0 radical (unpaired) electrons. The van der Waals surface area contributed by atoms with Crippen LogP contribution in [0.3, 0.4) is 0 Å². The maximum absolute atomic E-state index is 12.5. The molecule has 1 aromatic carbocycles. The number of carbonyl (C=O) groups is 1. The predicted molar refractivity (Wildman–Crippen MR) is 82.6 cm³/mol. The quantitative estimate of drug-likeness (QED) is 0.849. The van der Waals surface area contributed by atoms with E-state index in [-0.39, 0.29) is 24.1 Å². The number of benzene rings is 1. The molecular weight excluding hydrogens is 282 g/mol. The first-order chi connectivity index (χ1) is 10.7. The average molecular weight is 301 g/mol. The molecule has 1 aliphatic heterocycles. The van der Waals surface area contributed by atoms with Crippen LogP contribution < -0.4 is 5.56 Å². The number of fused-ring (bicyclic) bond motifs is 1. The number of para-hydroxylation sites is 2. The molecule has 1 amide bonds. The predicted octanol–water partition coefficient (Wildman–Crippen LogP) is 1.03. The number of hydrogen-bond acceptors (Lipinski definition) is 4. The van der Waals surface area contributed by atoms with E-state index in [4.69, 9.17) is 4.74 Å². The summed E-state index contributed by atoms with van der Waals surface area (Å²) in [6, 6.07) is 7.35. The van der Waals surface area contributed by atoms with Crippen molar-refractivity contribution < 1.29 is 9.53 Å². The van der Waals surface area contributed by atoms with Crippen LogP contribution in [-0.2, 0) is 16.1 Å². The Hall–Kier alpha value is -2.21. The highest BCUT2D eigenvalue weighted by Gasteiger charge is 2.23. The van der Waals surface area contributed by atoms with Crippen LogP contribution in [0.5, 0.6) is 0 Å². The number of amides is 1. The van der Waals surface area contributed by atoms with Crippen LogP contribution in [0.4, 0.5) is 0 Å². The van der Waals surface area contributed by atoms with E-state index in [1.54, 1.807) is 12.0 Å². The van der Waals surface area contributed by atoms with Crippen LogP contribution in [0.2, 0.25) is 0 Å². The van der Waals surface area contributed by atoms with E-state index >= 15 is 0 Å². The fraction of sp³-hybridized carbons (Fsp3) is 0.438. The molecule has 3 rings (SSSR count). The minimum Gasteiger partial charge on any atom is -0.381 e. The summed E-state index contributed by atoms with van der Waals surface area (Å²) < 4.78 is 6.81. The fourth-order valence-electron chi connectivity index (χ4n) is 2.85. The van der Waals surface area contributed by atoms with Crippen LogP contribution in [0.15, 0.2) is 35.3 Å². The second kappa shape index (κ2) is 6.27. The molecule has 0 N–H and O–H groups in total. The van der Waals surface area contributed by atoms with E-state index in [2.05, 4.69) is 4.98 Å². The summed E-state index contributed by atoms with van der Waals surface area (Å²) in [6.45, 7) is 1.41. The Kier molecular flexibility index (Phi) is 4.20. The number of hydrogen-bond donors (Lipinski definition) is 0. The number of aromatic nitrogens is 2. The van der Waals surface area contributed by atoms with Gasteiger partial charge in [-0.25, -0.2) is 4.98 Å². The van der Waals surface area contributed by atoms with E-state index in [1.165, 1.54) is 10.8 Å². The van der Waals surface area contributed by atoms with Crippen molar-refractivity contribution in [1.29, 1.82) is 0 Å². The first kappa shape index (κ1) is 14.7. The Morgan fingerprint density at radius 1 is 1.32 bits per heavy atom. The van der Waals surface area contributed by atoms with Gasteiger partial charge in [-0.3, -0.25) is 14.2 Å². The van der Waals surface area contributed by atoms with Gasteiger partial charge < -0.3 is 9.64 Å². The van der Waals surface area contributed by atoms with Gasteiger partial charge in [-0.15, -0.1) is 0 Å². The molecule has 0 aliphatic carbocycles. The Labute approximate surface area is 128 Å². The summed E-state index contributed by atoms with van der Waals surface area (Å²) in [5.74, 6) is -0.0343. The number of ether oxygens (including phenoxy) is 1. The lowest BCUT2D eigenvalue weighted by atomic mass is 10.1. The number of rotatable bonds is 3. The summed E-state index contributed by atoms with van der Waals surface area (Å²) in [7, 11) is 1.70. The van der Waals surface area contributed by atoms with E-state index in [0.29, 0.717) is 24.1 Å². The third-order valence-electron chi connectivity index (χ3n) is 4.17. The van der Waals surface area contributed by atoms with Crippen molar-refractivity contribution in [3.8, 4) is 0 Å². The van der Waals surface area contributed by atoms with Gasteiger partial charge in [-0.05, 0) is 25.0 Å². The number of carbonyl (C=O) groups excluding carboxylic acids is 1. The first-order valence-corrected chi connectivity index (χ1v) is 7.44. The Morgan fingerprint density at radius 3 is 2.77 bits per heavy atom. The molecule has 6 nitrogen and oxygen atoms in total. The second-order valence-electron chi connectivity index (χ2n) is 5.49. The fourth-order valence-corrected chi connectivity index (χ4v) is 2.85. The number of likely N-dealkylation sites (tertiary alicyclic amines) is 1. The van der Waals surface area contributed by atoms with Crippen LogP contribution in [0, 0.1) is 0 Å². The zero-order chi connectivity index (χ0) is 15.5. The standard InChI is InChI=1S/C16H19N3O3/c1-22-12-6-8-18(9-7-12)16(21)11-19-14-5-3-2-4-13(14)17-10-15(19)20/h2-5,10,12H,6-9,11H2,1H3. The van der Waals surface area contributed by atoms with Gasteiger partial charge in [0.25, 0.3) is 5.56 Å². The molecule has 1 aliphatic rings. The molecule has 0 bridgehead atoms. The van der Waals surface area contributed by atoms with Crippen LogP contribution >= 0.6 is 0 Å². The molecule has 22 heavy (non-hydrogen) atoms. The number of nitrogens with zero attached hydrogens (tertiary/aromatic N) is 3. The van der Waals surface area contributed by atoms with Gasteiger partial charge in [-0.2, -0.15) is 0 Å². The molecule has 1 saturated heterocycles. The Bertz CT molecular complexity index is 733. The van der Waals surface area contributed by atoms with Crippen molar-refractivity contribution in [2.24, 2.45) is 0 Å². The summed E-state index contributed by atoms with van der Waals surface area (Å²) in [6.07, 6.45) is 3.18. The van der Waals surface area contributed by atoms with E-state index < -0.39 is 0 Å². The van der Waals surface area contributed by atoms with Gasteiger partial charge in [0.15, 0.2) is 0 Å². The zero-order valence-corrected chi connectivity index (χ0v) is 12.6. The average Bonchev–Trinajstić information content (AvgIpc) is 2.57. The largest absolute Gasteiger partial charge is 0.381 e. The number of methoxy groups -OCH3 is 1. The summed E-state index contributed by atoms with van der Waals surface area (Å²) in [5.41, 5.74) is 1.15. The second-order valence-corrected chi connectivity index (χ2v) is 5.49. The first-order valence-electron chi connectivity index (χ1n) is 7.44. The van der Waals surface area contributed by atoms with Crippen LogP contribution in [0.1, 0.15) is 12.8 Å². The summed E-state index contributed by atoms with van der Waals surface area (Å²) in [4.78, 5) is 30.4. The summed E-state index contributed by atoms with van der Waals surface area (Å²) in [5, 5.41) is 0. The van der Waals surface area contributed by atoms with Gasteiger partial charge >= 0.3 is 0 Å². The zero-order valence-electron chi connectivity index (χ0n) is 12.6. The monoisotopic (exact) mass is 301 g/mol. The normalized spacial score (nSPS) is 16.1. The molecule has 1 fully saturated rings. The van der Waals surface area contributed by atoms with Crippen molar-refractivity contribution in [2.45, 2.75) is 25.5 Å². The molecule has 0 spiro atoms. The molecular formula is C16H19N3O3. The van der Waals surface area contributed by atoms with Crippen LogP contribution in [-0.4, -0.2) is 46.7 Å². The van der Waals surface area contributed by atoms with Crippen molar-refractivity contribution in [1.82, 2.24) is 14.5 Å². The third kappa shape index (κ3) is 2.87. The van der Waals surface area contributed by atoms with Gasteiger partial charge in [-0.1, -0.05) is 12.1 Å². The molecule has 2 aromatic rings. The number of piperidine rings is 1. The SMILES string of the molecule is COC1CCN(C(=O)Cn2c(=O)cnc3ccccc32)CC1. The lowest BCUT2D eigenvalue weighted by molar-refractivity contribution is -0.134. The third-order valence-corrected chi connectivity index (χ3v) is 4.17. The maximum Gasteiger partial charge on any atom is 0.269 e. The van der Waals surface area contributed by atoms with E-state index in [1.807, 2.05) is 24.3 Å². The van der Waals surface area contributed by atoms with E-state index in [0.717, 1.165) is 12.8 Å². The molecule has 0 saturated carbocycles. The van der Waals surface area contributed by atoms with Crippen molar-refractivity contribution in [3.05, 3.63) is 40.8 Å².